The standard InChI is InChI=1S/C12H15BrFNO4S/c1-3-19-12(16)6-7-15(2)20(17,18)9-4-5-11(14)10(13)8-9/h4-5,8H,3,6-7H2,1-2H3. The Morgan fingerprint density at radius 1 is 1.45 bits per heavy atom. The van der Waals surface area contributed by atoms with Crippen LogP contribution < -0.4 is 0 Å². The Labute approximate surface area is 125 Å². The minimum absolute atomic E-state index is 0.00381. The number of esters is 1. The van der Waals surface area contributed by atoms with E-state index in [-0.39, 0.29) is 28.9 Å². The summed E-state index contributed by atoms with van der Waals surface area (Å²) in [5, 5.41) is 0. The topological polar surface area (TPSA) is 63.7 Å². The third-order valence-electron chi connectivity index (χ3n) is 2.54. The van der Waals surface area contributed by atoms with Crippen molar-refractivity contribution in [1.82, 2.24) is 4.31 Å². The SMILES string of the molecule is CCOC(=O)CCN(C)S(=O)(=O)c1ccc(F)c(Br)c1. The maximum Gasteiger partial charge on any atom is 0.307 e. The molecule has 0 N–H and O–H groups in total. The van der Waals surface area contributed by atoms with Crippen molar-refractivity contribution in [1.29, 1.82) is 0 Å². The molecule has 0 saturated heterocycles. The lowest BCUT2D eigenvalue weighted by molar-refractivity contribution is -0.143. The van der Waals surface area contributed by atoms with Crippen LogP contribution in [0.4, 0.5) is 4.39 Å². The molecule has 0 aliphatic rings. The van der Waals surface area contributed by atoms with E-state index < -0.39 is 21.8 Å². The average molecular weight is 368 g/mol. The second-order valence-electron chi connectivity index (χ2n) is 3.96. The number of ether oxygens (including phenoxy) is 1. The van der Waals surface area contributed by atoms with Crippen LogP contribution in [0.2, 0.25) is 0 Å². The van der Waals surface area contributed by atoms with Gasteiger partial charge in [0.25, 0.3) is 0 Å². The first-order valence-electron chi connectivity index (χ1n) is 5.86. The summed E-state index contributed by atoms with van der Waals surface area (Å²) in [6.07, 6.45) is -0.0358. The number of sulfonamides is 1. The van der Waals surface area contributed by atoms with Crippen molar-refractivity contribution in [2.75, 3.05) is 20.2 Å². The van der Waals surface area contributed by atoms with Crippen LogP contribution in [0.3, 0.4) is 0 Å². The molecule has 0 spiro atoms. The average Bonchev–Trinajstić information content (AvgIpc) is 2.39. The highest BCUT2D eigenvalue weighted by Gasteiger charge is 2.22. The second kappa shape index (κ2) is 7.14. The van der Waals surface area contributed by atoms with E-state index in [1.165, 1.54) is 19.2 Å². The largest absolute Gasteiger partial charge is 0.466 e. The normalized spacial score (nSPS) is 11.7. The van der Waals surface area contributed by atoms with Crippen LogP contribution in [0, 0.1) is 5.82 Å². The lowest BCUT2D eigenvalue weighted by atomic mass is 10.3. The van der Waals surface area contributed by atoms with Gasteiger partial charge in [-0.25, -0.2) is 17.1 Å². The minimum atomic E-state index is -3.76. The van der Waals surface area contributed by atoms with Crippen LogP contribution in [0.25, 0.3) is 0 Å². The summed E-state index contributed by atoms with van der Waals surface area (Å²) in [6, 6.07) is 3.43. The minimum Gasteiger partial charge on any atom is -0.466 e. The van der Waals surface area contributed by atoms with E-state index in [9.17, 15) is 17.6 Å². The molecule has 0 radical (unpaired) electrons. The Morgan fingerprint density at radius 3 is 2.65 bits per heavy atom. The molecule has 0 saturated carbocycles. The van der Waals surface area contributed by atoms with E-state index in [0.717, 1.165) is 10.4 Å². The van der Waals surface area contributed by atoms with Crippen molar-refractivity contribution < 1.29 is 22.3 Å². The molecular formula is C12H15BrFNO4S. The van der Waals surface area contributed by atoms with Gasteiger partial charge in [-0.3, -0.25) is 4.79 Å². The molecule has 0 aliphatic carbocycles. The summed E-state index contributed by atoms with van der Waals surface area (Å²) >= 11 is 2.94. The molecule has 0 aliphatic heterocycles. The summed E-state index contributed by atoms with van der Waals surface area (Å²) in [7, 11) is -2.41. The van der Waals surface area contributed by atoms with Gasteiger partial charge < -0.3 is 4.74 Å². The number of hydrogen-bond donors (Lipinski definition) is 0. The lowest BCUT2D eigenvalue weighted by Crippen LogP contribution is -2.29. The zero-order chi connectivity index (χ0) is 15.3. The van der Waals surface area contributed by atoms with Crippen LogP contribution in [-0.2, 0) is 19.6 Å². The van der Waals surface area contributed by atoms with Crippen molar-refractivity contribution in [3.63, 3.8) is 0 Å². The van der Waals surface area contributed by atoms with Gasteiger partial charge in [0.15, 0.2) is 0 Å². The molecule has 0 fully saturated rings. The number of carbonyl (C=O) groups excluding carboxylic acids is 1. The van der Waals surface area contributed by atoms with Crippen LogP contribution in [0.1, 0.15) is 13.3 Å². The summed E-state index contributed by atoms with van der Waals surface area (Å²) in [5.41, 5.74) is 0. The van der Waals surface area contributed by atoms with Crippen LogP contribution in [0.15, 0.2) is 27.6 Å². The number of halogens is 2. The number of nitrogens with zero attached hydrogens (tertiary/aromatic N) is 1. The monoisotopic (exact) mass is 367 g/mol. The third-order valence-corrected chi connectivity index (χ3v) is 5.00. The maximum absolute atomic E-state index is 13.1. The second-order valence-corrected chi connectivity index (χ2v) is 6.86. The Kier molecular flexibility index (Phi) is 6.09. The molecule has 8 heteroatoms. The van der Waals surface area contributed by atoms with Crippen LogP contribution >= 0.6 is 15.9 Å². The van der Waals surface area contributed by atoms with E-state index in [0.29, 0.717) is 0 Å². The Balaban J connectivity index is 2.82. The Morgan fingerprint density at radius 2 is 2.10 bits per heavy atom. The van der Waals surface area contributed by atoms with E-state index in [2.05, 4.69) is 15.9 Å². The van der Waals surface area contributed by atoms with Crippen molar-refractivity contribution in [3.8, 4) is 0 Å². The van der Waals surface area contributed by atoms with Crippen LogP contribution in [0.5, 0.6) is 0 Å². The number of hydrogen-bond acceptors (Lipinski definition) is 4. The molecular weight excluding hydrogens is 353 g/mol. The predicted molar refractivity (Wildman–Crippen MR) is 75.2 cm³/mol. The van der Waals surface area contributed by atoms with Crippen molar-refractivity contribution >= 4 is 31.9 Å². The molecule has 1 aromatic carbocycles. The Hall–Kier alpha value is -0.990. The fraction of sp³-hybridized carbons (Fsp3) is 0.417. The van der Waals surface area contributed by atoms with E-state index in [4.69, 9.17) is 4.74 Å². The highest BCUT2D eigenvalue weighted by molar-refractivity contribution is 9.10. The first-order valence-corrected chi connectivity index (χ1v) is 8.09. The van der Waals surface area contributed by atoms with Gasteiger partial charge in [-0.2, -0.15) is 0 Å². The Bertz CT molecular complexity index is 591. The molecule has 0 heterocycles. The van der Waals surface area contributed by atoms with Gasteiger partial charge in [-0.1, -0.05) is 0 Å². The van der Waals surface area contributed by atoms with Crippen molar-refractivity contribution in [2.24, 2.45) is 0 Å². The summed E-state index contributed by atoms with van der Waals surface area (Å²) in [6.45, 7) is 1.92. The number of benzene rings is 1. The molecule has 20 heavy (non-hydrogen) atoms. The van der Waals surface area contributed by atoms with E-state index in [1.54, 1.807) is 6.92 Å². The van der Waals surface area contributed by atoms with Gasteiger partial charge in [-0.15, -0.1) is 0 Å². The summed E-state index contributed by atoms with van der Waals surface area (Å²) in [5.74, 6) is -1.01. The smallest absolute Gasteiger partial charge is 0.307 e. The fourth-order valence-electron chi connectivity index (χ4n) is 1.42. The summed E-state index contributed by atoms with van der Waals surface area (Å²) in [4.78, 5) is 11.2. The first-order chi connectivity index (χ1) is 9.28. The van der Waals surface area contributed by atoms with Gasteiger partial charge >= 0.3 is 5.97 Å². The summed E-state index contributed by atoms with van der Waals surface area (Å²) < 4.78 is 43.3. The maximum atomic E-state index is 13.1. The molecule has 1 rings (SSSR count). The van der Waals surface area contributed by atoms with Crippen LogP contribution in [-0.4, -0.2) is 38.9 Å². The first kappa shape index (κ1) is 17.1. The molecule has 1 aromatic rings. The van der Waals surface area contributed by atoms with Gasteiger partial charge in [0.1, 0.15) is 5.82 Å². The van der Waals surface area contributed by atoms with Gasteiger partial charge in [0, 0.05) is 13.6 Å². The van der Waals surface area contributed by atoms with Crippen molar-refractivity contribution in [2.45, 2.75) is 18.2 Å². The van der Waals surface area contributed by atoms with Crippen molar-refractivity contribution in [3.05, 3.63) is 28.5 Å². The fourth-order valence-corrected chi connectivity index (χ4v) is 3.15. The highest BCUT2D eigenvalue weighted by Crippen LogP contribution is 2.22. The number of carbonyl (C=O) groups is 1. The molecule has 5 nitrogen and oxygen atoms in total. The van der Waals surface area contributed by atoms with E-state index in [1.807, 2.05) is 0 Å². The quantitative estimate of drug-likeness (QED) is 0.722. The van der Waals surface area contributed by atoms with Gasteiger partial charge in [0.2, 0.25) is 10.0 Å². The van der Waals surface area contributed by atoms with E-state index >= 15 is 0 Å². The molecule has 112 valence electrons. The molecule has 0 amide bonds. The molecule has 0 unspecified atom stereocenters. The number of rotatable bonds is 6. The van der Waals surface area contributed by atoms with Gasteiger partial charge in [0.05, 0.1) is 22.4 Å². The highest BCUT2D eigenvalue weighted by atomic mass is 79.9. The third kappa shape index (κ3) is 4.26. The molecule has 0 aromatic heterocycles. The zero-order valence-electron chi connectivity index (χ0n) is 11.1. The lowest BCUT2D eigenvalue weighted by Gasteiger charge is -2.17. The zero-order valence-corrected chi connectivity index (χ0v) is 13.5. The predicted octanol–water partition coefficient (Wildman–Crippen LogP) is 2.16. The molecule has 0 bridgehead atoms. The van der Waals surface area contributed by atoms with Gasteiger partial charge in [-0.05, 0) is 41.1 Å². The molecule has 0 atom stereocenters.